The molecule has 0 saturated heterocycles. The Labute approximate surface area is 62.6 Å². The third kappa shape index (κ3) is 0.774. The first-order chi connectivity index (χ1) is 5.29. The zero-order chi connectivity index (χ0) is 7.84. The minimum Gasteiger partial charge on any atom is -0.469 e. The van der Waals surface area contributed by atoms with Crippen molar-refractivity contribution in [2.45, 2.75) is 6.92 Å². The number of furan rings is 1. The molecule has 2 aliphatic rings. The minimum atomic E-state index is -0.290. The molecular formula is C8H6O3. The van der Waals surface area contributed by atoms with Gasteiger partial charge in [-0.05, 0) is 13.0 Å². The topological polar surface area (TPSA) is 43.4 Å². The Kier molecular flexibility index (Phi) is 1.12. The van der Waals surface area contributed by atoms with Crippen molar-refractivity contribution in [2.24, 2.45) is 0 Å². The highest BCUT2D eigenvalue weighted by Gasteiger charge is 2.12. The lowest BCUT2D eigenvalue weighted by molar-refractivity contribution is 0.493. The lowest BCUT2D eigenvalue weighted by Crippen LogP contribution is -1.93. The van der Waals surface area contributed by atoms with E-state index in [4.69, 9.17) is 8.83 Å². The van der Waals surface area contributed by atoms with Crippen LogP contribution in [0.1, 0.15) is 5.56 Å². The molecular weight excluding hydrogens is 149 g/mol. The fraction of sp³-hybridized carbons (Fsp3) is 0.125. The van der Waals surface area contributed by atoms with E-state index in [0.717, 1.165) is 5.56 Å². The minimum absolute atomic E-state index is 0.290. The largest absolute Gasteiger partial charge is 0.469 e. The van der Waals surface area contributed by atoms with Gasteiger partial charge in [0.2, 0.25) is 0 Å². The Morgan fingerprint density at radius 1 is 1.45 bits per heavy atom. The predicted octanol–water partition coefficient (Wildman–Crippen LogP) is 1.65. The van der Waals surface area contributed by atoms with Crippen LogP contribution < -0.4 is 5.63 Å². The number of fused-ring (bicyclic) bond motifs is 1. The molecule has 3 heteroatoms. The van der Waals surface area contributed by atoms with E-state index in [-0.39, 0.29) is 5.63 Å². The molecule has 0 bridgehead atoms. The smallest absolute Gasteiger partial charge is 0.339 e. The van der Waals surface area contributed by atoms with Crippen molar-refractivity contribution in [2.75, 3.05) is 0 Å². The molecule has 0 atom stereocenters. The Balaban J connectivity index is 2.91. The average Bonchev–Trinajstić information content (AvgIpc) is 2.30. The molecule has 0 aromatic heterocycles. The van der Waals surface area contributed by atoms with Crippen LogP contribution >= 0.6 is 0 Å². The SMILES string of the molecule is Cc1c(=O)o[13c]2[13cH]o[13cH][13cH][13c]1-2. The van der Waals surface area contributed by atoms with Gasteiger partial charge < -0.3 is 8.83 Å². The van der Waals surface area contributed by atoms with Crippen molar-refractivity contribution >= 4 is 0 Å². The van der Waals surface area contributed by atoms with Gasteiger partial charge >= 0.3 is 5.63 Å². The molecule has 0 spiro atoms. The van der Waals surface area contributed by atoms with Crippen molar-refractivity contribution in [3.8, 4) is 11.3 Å². The van der Waals surface area contributed by atoms with Crippen molar-refractivity contribution < 1.29 is 8.83 Å². The second kappa shape index (κ2) is 1.99. The second-order valence-electron chi connectivity index (χ2n) is 2.35. The molecule has 3 nitrogen and oxygen atoms in total. The molecule has 0 fully saturated rings. The summed E-state index contributed by atoms with van der Waals surface area (Å²) in [5.41, 5.74) is 1.17. The van der Waals surface area contributed by atoms with E-state index in [2.05, 4.69) is 0 Å². The highest BCUT2D eigenvalue weighted by Crippen LogP contribution is 2.22. The maximum absolute atomic E-state index is 10.9. The summed E-state index contributed by atoms with van der Waals surface area (Å²) in [6, 6.07) is 1.72. The van der Waals surface area contributed by atoms with Gasteiger partial charge in [-0.25, -0.2) is 4.79 Å². The highest BCUT2D eigenvalue weighted by atomic mass is 16.5. The molecule has 0 aromatic carbocycles. The van der Waals surface area contributed by atoms with E-state index < -0.39 is 0 Å². The summed E-state index contributed by atoms with van der Waals surface area (Å²) in [5, 5.41) is 0. The van der Waals surface area contributed by atoms with E-state index in [9.17, 15) is 4.79 Å². The summed E-state index contributed by atoms with van der Waals surface area (Å²) in [4.78, 5) is 10.9. The van der Waals surface area contributed by atoms with Crippen LogP contribution in [0.2, 0.25) is 0 Å². The summed E-state index contributed by atoms with van der Waals surface area (Å²) in [6.45, 7) is 1.73. The first-order valence-electron chi connectivity index (χ1n) is 3.24. The van der Waals surface area contributed by atoms with Crippen molar-refractivity contribution in [1.29, 1.82) is 0 Å². The molecule has 2 aliphatic heterocycles. The Bertz CT molecular complexity index is 396. The number of rotatable bonds is 0. The van der Waals surface area contributed by atoms with Gasteiger partial charge in [0, 0.05) is 11.1 Å². The molecule has 0 aliphatic carbocycles. The fourth-order valence-corrected chi connectivity index (χ4v) is 1.03. The van der Waals surface area contributed by atoms with Crippen LogP contribution in [0.25, 0.3) is 11.3 Å². The summed E-state index contributed by atoms with van der Waals surface area (Å²) < 4.78 is 9.68. The van der Waals surface area contributed by atoms with E-state index in [1.165, 1.54) is 12.5 Å². The number of hydrogen-bond acceptors (Lipinski definition) is 3. The zero-order valence-electron chi connectivity index (χ0n) is 5.96. The summed E-state index contributed by atoms with van der Waals surface area (Å²) in [7, 11) is 0. The van der Waals surface area contributed by atoms with Gasteiger partial charge in [-0.1, -0.05) is 0 Å². The van der Waals surface area contributed by atoms with Crippen LogP contribution in [0.3, 0.4) is 0 Å². The molecule has 11 heavy (non-hydrogen) atoms. The monoisotopic (exact) mass is 155 g/mol. The normalized spacial score (nSPS) is 10.6. The van der Waals surface area contributed by atoms with Crippen molar-refractivity contribution in [3.63, 3.8) is 0 Å². The standard InChI is InChI=1S/C8H6O3/c1-5-6-2-3-10-4-7(6)11-8(5)9/h2-4H,1H3/i2+1,3+1,4+1,6+1,7+1. The molecule has 2 rings (SSSR count). The van der Waals surface area contributed by atoms with E-state index in [1.807, 2.05) is 0 Å². The molecule has 0 radical (unpaired) electrons. The van der Waals surface area contributed by atoms with Crippen LogP contribution in [0, 0.1) is 6.92 Å². The van der Waals surface area contributed by atoms with Gasteiger partial charge in [0.25, 0.3) is 0 Å². The predicted molar refractivity (Wildman–Crippen MR) is 38.6 cm³/mol. The van der Waals surface area contributed by atoms with Gasteiger partial charge in [0.15, 0.2) is 5.76 Å². The van der Waals surface area contributed by atoms with Gasteiger partial charge in [0.1, 0.15) is 6.26 Å². The van der Waals surface area contributed by atoms with E-state index in [1.54, 1.807) is 13.0 Å². The van der Waals surface area contributed by atoms with Crippen LogP contribution in [-0.2, 0) is 0 Å². The Morgan fingerprint density at radius 2 is 2.27 bits per heavy atom. The van der Waals surface area contributed by atoms with Crippen LogP contribution in [0.15, 0.2) is 32.2 Å². The maximum atomic E-state index is 10.9. The highest BCUT2D eigenvalue weighted by molar-refractivity contribution is 5.60. The first-order valence-corrected chi connectivity index (χ1v) is 3.24. The Morgan fingerprint density at radius 3 is 3.00 bits per heavy atom. The molecule has 0 N–H and O–H groups in total. The molecule has 0 unspecified atom stereocenters. The second-order valence-corrected chi connectivity index (χ2v) is 2.35. The number of hydrogen-bond donors (Lipinski definition) is 0. The molecule has 0 saturated carbocycles. The molecule has 0 aromatic rings. The molecule has 56 valence electrons. The van der Waals surface area contributed by atoms with Gasteiger partial charge in [-0.2, -0.15) is 0 Å². The third-order valence-corrected chi connectivity index (χ3v) is 1.67. The van der Waals surface area contributed by atoms with Crippen LogP contribution in [0.5, 0.6) is 0 Å². The van der Waals surface area contributed by atoms with Gasteiger partial charge in [-0.3, -0.25) is 0 Å². The van der Waals surface area contributed by atoms with Crippen LogP contribution in [0.4, 0.5) is 0 Å². The zero-order valence-corrected chi connectivity index (χ0v) is 5.96. The fourth-order valence-electron chi connectivity index (χ4n) is 1.03. The summed E-state index contributed by atoms with van der Waals surface area (Å²) in [5.74, 6) is 0.509. The lowest BCUT2D eigenvalue weighted by Gasteiger charge is -1.91. The van der Waals surface area contributed by atoms with Crippen LogP contribution in [-0.4, -0.2) is 0 Å². The third-order valence-electron chi connectivity index (χ3n) is 1.67. The lowest BCUT2D eigenvalue weighted by atomic mass is 10.5. The summed E-state index contributed by atoms with van der Waals surface area (Å²) in [6.07, 6.45) is 2.94. The van der Waals surface area contributed by atoms with Crippen molar-refractivity contribution in [3.05, 3.63) is 34.6 Å². The quantitative estimate of drug-likeness (QED) is 0.580. The average molecular weight is 155 g/mol. The summed E-state index contributed by atoms with van der Waals surface area (Å²) >= 11 is 0. The molecule has 0 amide bonds. The van der Waals surface area contributed by atoms with E-state index in [0.29, 0.717) is 11.3 Å². The van der Waals surface area contributed by atoms with Gasteiger partial charge in [0.05, 0.1) is 6.26 Å². The van der Waals surface area contributed by atoms with Gasteiger partial charge in [-0.15, -0.1) is 0 Å². The van der Waals surface area contributed by atoms with Crippen molar-refractivity contribution in [1.82, 2.24) is 0 Å². The maximum Gasteiger partial charge on any atom is 0.339 e. The Hall–Kier alpha value is -1.51. The first kappa shape index (κ1) is 6.22. The van der Waals surface area contributed by atoms with E-state index >= 15 is 0 Å². The molecule has 2 heterocycles.